The molecule has 0 aromatic heterocycles. The highest BCUT2D eigenvalue weighted by Crippen LogP contribution is 2.55. The van der Waals surface area contributed by atoms with Gasteiger partial charge < -0.3 is 11.1 Å². The molecule has 6 heteroatoms. The molecule has 5 rings (SSSR count). The number of allylic oxidation sites excluding steroid dienone is 1. The molecule has 1 atom stereocenters. The van der Waals surface area contributed by atoms with E-state index in [9.17, 15) is 14.9 Å². The summed E-state index contributed by atoms with van der Waals surface area (Å²) in [6.45, 7) is 3.99. The van der Waals surface area contributed by atoms with Crippen molar-refractivity contribution in [2.24, 2.45) is 5.73 Å². The van der Waals surface area contributed by atoms with Crippen LogP contribution in [0.3, 0.4) is 0 Å². The quantitative estimate of drug-likeness (QED) is 0.747. The number of hydrogen-bond donors (Lipinski definition) is 2. The van der Waals surface area contributed by atoms with E-state index in [0.29, 0.717) is 41.8 Å². The number of para-hydroxylation sites is 1. The summed E-state index contributed by atoms with van der Waals surface area (Å²) < 4.78 is 0. The second-order valence-electron chi connectivity index (χ2n) is 8.40. The third-order valence-corrected chi connectivity index (χ3v) is 6.40. The maximum atomic E-state index is 13.5. The molecule has 0 radical (unpaired) electrons. The topological polar surface area (TPSA) is 99.2 Å². The van der Waals surface area contributed by atoms with Gasteiger partial charge in [0.1, 0.15) is 17.3 Å². The van der Waals surface area contributed by atoms with Crippen molar-refractivity contribution in [3.8, 4) is 6.07 Å². The third kappa shape index (κ3) is 2.43. The fourth-order valence-electron chi connectivity index (χ4n) is 5.32. The van der Waals surface area contributed by atoms with Crippen LogP contribution in [0, 0.1) is 25.2 Å². The minimum absolute atomic E-state index is 0.100. The maximum Gasteiger partial charge on any atom is 0.245 e. The van der Waals surface area contributed by atoms with Crippen LogP contribution in [0.15, 0.2) is 65.1 Å². The highest BCUT2D eigenvalue weighted by Gasteiger charge is 2.59. The van der Waals surface area contributed by atoms with Gasteiger partial charge in [-0.25, -0.2) is 0 Å². The molecule has 0 unspecified atom stereocenters. The van der Waals surface area contributed by atoms with Gasteiger partial charge in [-0.05, 0) is 56.0 Å². The summed E-state index contributed by atoms with van der Waals surface area (Å²) in [4.78, 5) is 28.7. The van der Waals surface area contributed by atoms with Crippen molar-refractivity contribution < 1.29 is 9.59 Å². The Morgan fingerprint density at radius 1 is 1.10 bits per heavy atom. The van der Waals surface area contributed by atoms with Crippen LogP contribution < -0.4 is 16.0 Å². The van der Waals surface area contributed by atoms with E-state index in [1.54, 1.807) is 12.1 Å². The summed E-state index contributed by atoms with van der Waals surface area (Å²) in [7, 11) is 0. The molecule has 0 fully saturated rings. The van der Waals surface area contributed by atoms with Crippen molar-refractivity contribution in [2.45, 2.75) is 38.5 Å². The lowest BCUT2D eigenvalue weighted by atomic mass is 9.64. The Morgan fingerprint density at radius 2 is 1.81 bits per heavy atom. The van der Waals surface area contributed by atoms with Crippen LogP contribution in [-0.2, 0) is 15.0 Å². The van der Waals surface area contributed by atoms with Crippen molar-refractivity contribution in [1.82, 2.24) is 0 Å². The summed E-state index contributed by atoms with van der Waals surface area (Å²) in [5.41, 5.74) is 10.5. The number of nitrogens with one attached hydrogen (secondary N) is 1. The van der Waals surface area contributed by atoms with Gasteiger partial charge in [-0.15, -0.1) is 0 Å². The SMILES string of the molecule is Cc1cc(C)cc(N2C(N)=C(C#N)[C@@]3(C(=O)Nc4ccccc43)C3=C2CCCC3=O)c1. The molecule has 0 saturated heterocycles. The van der Waals surface area contributed by atoms with E-state index in [-0.39, 0.29) is 17.2 Å². The van der Waals surface area contributed by atoms with Gasteiger partial charge in [0.05, 0.1) is 5.57 Å². The van der Waals surface area contributed by atoms with E-state index in [4.69, 9.17) is 5.73 Å². The molecule has 31 heavy (non-hydrogen) atoms. The van der Waals surface area contributed by atoms with Crippen molar-refractivity contribution in [3.05, 3.63) is 81.8 Å². The molecule has 154 valence electrons. The number of aryl methyl sites for hydroxylation is 2. The lowest BCUT2D eigenvalue weighted by Crippen LogP contribution is -2.50. The number of benzene rings is 2. The van der Waals surface area contributed by atoms with Gasteiger partial charge >= 0.3 is 0 Å². The number of anilines is 2. The summed E-state index contributed by atoms with van der Waals surface area (Å²) in [6, 6.07) is 15.5. The largest absolute Gasteiger partial charge is 0.384 e. The zero-order valence-corrected chi connectivity index (χ0v) is 17.5. The molecule has 3 aliphatic rings. The molecule has 2 heterocycles. The van der Waals surface area contributed by atoms with Crippen LogP contribution in [0.2, 0.25) is 0 Å². The number of fused-ring (bicyclic) bond motifs is 3. The molecule has 1 amide bonds. The number of hydrogen-bond acceptors (Lipinski definition) is 5. The third-order valence-electron chi connectivity index (χ3n) is 6.40. The van der Waals surface area contributed by atoms with Crippen LogP contribution in [-0.4, -0.2) is 11.7 Å². The second kappa shape index (κ2) is 6.58. The van der Waals surface area contributed by atoms with Gasteiger partial charge in [0.15, 0.2) is 5.78 Å². The monoisotopic (exact) mass is 410 g/mol. The standard InChI is InChI=1S/C25H22N4O2/c1-14-10-15(2)12-16(11-14)29-20-8-5-9-21(30)22(20)25(18(13-26)23(29)27)17-6-3-4-7-19(17)28-24(25)31/h3-4,6-7,10-12H,5,8-9,27H2,1-2H3,(H,28,31)/t25-/m1/s1. The van der Waals surface area contributed by atoms with E-state index in [1.165, 1.54) is 0 Å². The molecule has 1 aliphatic carbocycles. The normalized spacial score (nSPS) is 22.4. The first-order valence-corrected chi connectivity index (χ1v) is 10.4. The smallest absolute Gasteiger partial charge is 0.245 e. The minimum atomic E-state index is -1.50. The van der Waals surface area contributed by atoms with Crippen molar-refractivity contribution in [1.29, 1.82) is 5.26 Å². The number of nitriles is 1. The van der Waals surface area contributed by atoms with Crippen LogP contribution in [0.4, 0.5) is 11.4 Å². The van der Waals surface area contributed by atoms with Crippen LogP contribution in [0.25, 0.3) is 0 Å². The predicted molar refractivity (Wildman–Crippen MR) is 118 cm³/mol. The number of carbonyl (C=O) groups is 2. The predicted octanol–water partition coefficient (Wildman–Crippen LogP) is 3.71. The highest BCUT2D eigenvalue weighted by atomic mass is 16.2. The van der Waals surface area contributed by atoms with Crippen molar-refractivity contribution >= 4 is 23.1 Å². The number of Topliss-reactive ketones (excluding diaryl/α,β-unsaturated/α-hetero) is 1. The Balaban J connectivity index is 1.89. The molecular weight excluding hydrogens is 388 g/mol. The number of amides is 1. The molecule has 2 aromatic rings. The number of nitrogens with zero attached hydrogens (tertiary/aromatic N) is 2. The fraction of sp³-hybridized carbons (Fsp3) is 0.240. The van der Waals surface area contributed by atoms with Crippen molar-refractivity contribution in [3.63, 3.8) is 0 Å². The van der Waals surface area contributed by atoms with E-state index >= 15 is 0 Å². The number of rotatable bonds is 1. The summed E-state index contributed by atoms with van der Waals surface area (Å²) in [6.07, 6.45) is 1.62. The second-order valence-corrected chi connectivity index (χ2v) is 8.40. The number of ketones is 1. The lowest BCUT2D eigenvalue weighted by Gasteiger charge is -2.43. The van der Waals surface area contributed by atoms with Gasteiger partial charge in [-0.3, -0.25) is 14.5 Å². The first-order valence-electron chi connectivity index (χ1n) is 10.4. The van der Waals surface area contributed by atoms with Crippen LogP contribution >= 0.6 is 0 Å². The zero-order chi connectivity index (χ0) is 21.9. The van der Waals surface area contributed by atoms with E-state index < -0.39 is 11.3 Å². The summed E-state index contributed by atoms with van der Waals surface area (Å²) in [5, 5.41) is 13.1. The Hall–Kier alpha value is -3.85. The van der Waals surface area contributed by atoms with Gasteiger partial charge in [-0.1, -0.05) is 24.3 Å². The lowest BCUT2D eigenvalue weighted by molar-refractivity contribution is -0.122. The average Bonchev–Trinajstić information content (AvgIpc) is 3.00. The molecule has 6 nitrogen and oxygen atoms in total. The fourth-order valence-corrected chi connectivity index (χ4v) is 5.32. The van der Waals surface area contributed by atoms with Gasteiger partial charge in [-0.2, -0.15) is 5.26 Å². The van der Waals surface area contributed by atoms with Gasteiger partial charge in [0, 0.05) is 34.6 Å². The molecular formula is C25H22N4O2. The zero-order valence-electron chi connectivity index (χ0n) is 17.5. The molecule has 0 bridgehead atoms. The average molecular weight is 410 g/mol. The van der Waals surface area contributed by atoms with E-state index in [0.717, 1.165) is 16.8 Å². The maximum absolute atomic E-state index is 13.5. The minimum Gasteiger partial charge on any atom is -0.384 e. The van der Waals surface area contributed by atoms with Crippen molar-refractivity contribution in [2.75, 3.05) is 10.2 Å². The van der Waals surface area contributed by atoms with Gasteiger partial charge in [0.25, 0.3) is 0 Å². The molecule has 1 spiro atoms. The summed E-state index contributed by atoms with van der Waals surface area (Å²) >= 11 is 0. The Bertz CT molecular complexity index is 1260. The Labute approximate surface area is 180 Å². The molecule has 2 aliphatic heterocycles. The molecule has 0 saturated carbocycles. The summed E-state index contributed by atoms with van der Waals surface area (Å²) in [5.74, 6) is -0.299. The van der Waals surface area contributed by atoms with Crippen LogP contribution in [0.5, 0.6) is 0 Å². The molecule has 2 aromatic carbocycles. The highest BCUT2D eigenvalue weighted by molar-refractivity contribution is 6.19. The number of carbonyl (C=O) groups excluding carboxylic acids is 2. The Morgan fingerprint density at radius 3 is 2.52 bits per heavy atom. The van der Waals surface area contributed by atoms with E-state index in [2.05, 4.69) is 17.5 Å². The molecule has 3 N–H and O–H groups in total. The van der Waals surface area contributed by atoms with Crippen LogP contribution in [0.1, 0.15) is 36.0 Å². The van der Waals surface area contributed by atoms with E-state index in [1.807, 2.05) is 43.0 Å². The first-order chi connectivity index (χ1) is 14.9. The first kappa shape index (κ1) is 19.1. The number of nitrogens with two attached hydrogens (primary N) is 1. The Kier molecular flexibility index (Phi) is 4.06. The van der Waals surface area contributed by atoms with Gasteiger partial charge in [0.2, 0.25) is 5.91 Å².